The third-order valence-electron chi connectivity index (χ3n) is 12.4. The number of nitrogens with zero attached hydrogens (tertiary/aromatic N) is 1. The molecule has 0 saturated carbocycles. The molecule has 0 bridgehead atoms. The monoisotopic (exact) mass is 1310 g/mol. The summed E-state index contributed by atoms with van der Waals surface area (Å²) in [6.45, 7) is -1.09. The van der Waals surface area contributed by atoms with Gasteiger partial charge in [0.2, 0.25) is 23.6 Å². The fourth-order valence-electron chi connectivity index (χ4n) is 8.48. The summed E-state index contributed by atoms with van der Waals surface area (Å²) in [7, 11) is -14.3. The number of alkyl carbamates (subject to hydrolysis) is 1. The largest absolute Gasteiger partial charge is 0.490 e. The van der Waals surface area contributed by atoms with Crippen LogP contribution in [0.15, 0.2) is 64.3 Å². The Balaban J connectivity index is 1.05. The van der Waals surface area contributed by atoms with Crippen LogP contribution in [0, 0.1) is 11.8 Å². The van der Waals surface area contributed by atoms with Crippen LogP contribution in [0.4, 0.5) is 4.79 Å². The molecule has 1 aliphatic heterocycles. The first kappa shape index (κ1) is 70.2. The topological polar surface area (TPSA) is 491 Å². The van der Waals surface area contributed by atoms with Crippen LogP contribution in [-0.2, 0) is 69.9 Å². The van der Waals surface area contributed by atoms with Gasteiger partial charge in [0.25, 0.3) is 5.56 Å². The zero-order chi connectivity index (χ0) is 63.2. The first-order chi connectivity index (χ1) is 40.7. The number of carbonyl (C=O) groups is 8. The predicted octanol–water partition coefficient (Wildman–Crippen LogP) is 1.25. The number of rotatable bonds is 35. The molecule has 8 atom stereocenters. The van der Waals surface area contributed by atoms with Crippen molar-refractivity contribution < 1.29 is 110 Å². The number of carboxylic acid groups (broad SMARTS) is 2. The minimum Gasteiger partial charge on any atom is -0.481 e. The average molecular weight is 1310 g/mol. The zero-order valence-corrected chi connectivity index (χ0v) is 49.5. The molecule has 1 aromatic heterocycles. The van der Waals surface area contributed by atoms with E-state index < -0.39 is 132 Å². The number of nitrogens with one attached hydrogen (secondary N) is 6. The summed E-state index contributed by atoms with van der Waals surface area (Å²) in [4.78, 5) is 162. The number of phosphoric acid groups is 3. The quantitative estimate of drug-likeness (QED) is 0.0130. The van der Waals surface area contributed by atoms with Gasteiger partial charge in [0.1, 0.15) is 48.9 Å². The fraction of sp³-hybridized carbons (Fsp3) is 0.469. The Labute approximate surface area is 496 Å². The van der Waals surface area contributed by atoms with Gasteiger partial charge in [-0.1, -0.05) is 88.4 Å². The molecule has 1 fully saturated rings. The first-order valence-corrected chi connectivity index (χ1v) is 33.0. The molecule has 0 radical (unpaired) electrons. The molecule has 1 aliphatic carbocycles. The van der Waals surface area contributed by atoms with Crippen LogP contribution in [0.1, 0.15) is 93.0 Å². The molecule has 5 amide bonds. The Hall–Kier alpha value is -6.53. The van der Waals surface area contributed by atoms with Gasteiger partial charge in [-0.15, -0.1) is 0 Å². The van der Waals surface area contributed by atoms with Crippen molar-refractivity contribution in [2.24, 2.45) is 0 Å². The zero-order valence-electron chi connectivity index (χ0n) is 45.2. The summed E-state index contributed by atoms with van der Waals surface area (Å²) >= 11 is 0. The number of aliphatic carboxylic acids is 2. The lowest BCUT2D eigenvalue weighted by molar-refractivity contribution is -0.147. The van der Waals surface area contributed by atoms with E-state index >= 15 is 0 Å². The predicted molar refractivity (Wildman–Crippen MR) is 302 cm³/mol. The maximum atomic E-state index is 13.5. The number of ether oxygens (including phenoxy) is 2. The van der Waals surface area contributed by atoms with Gasteiger partial charge in [-0.05, 0) is 47.9 Å². The van der Waals surface area contributed by atoms with Gasteiger partial charge in [-0.2, -0.15) is 8.62 Å². The van der Waals surface area contributed by atoms with Crippen molar-refractivity contribution in [2.75, 3.05) is 37.8 Å². The van der Waals surface area contributed by atoms with Crippen LogP contribution in [0.5, 0.6) is 0 Å². The molecule has 2 aromatic carbocycles. The maximum absolute atomic E-state index is 13.5. The number of unbranched alkanes of at least 4 members (excludes halogenated alkanes) is 2. The molecular weight excluding hydrogens is 1240 g/mol. The second-order valence-corrected chi connectivity index (χ2v) is 25.9. The highest BCUT2D eigenvalue weighted by atomic mass is 33.1. The molecular formula is C49H62N7O25P3S2. The molecule has 1 saturated heterocycles. The summed E-state index contributed by atoms with van der Waals surface area (Å²) in [6.07, 6.45) is -3.88. The van der Waals surface area contributed by atoms with Crippen LogP contribution < -0.4 is 37.8 Å². The second-order valence-electron chi connectivity index (χ2n) is 18.8. The highest BCUT2D eigenvalue weighted by Gasteiger charge is 2.43. The van der Waals surface area contributed by atoms with Crippen molar-refractivity contribution >= 4 is 93.0 Å². The van der Waals surface area contributed by atoms with Gasteiger partial charge in [0.05, 0.1) is 25.7 Å². The van der Waals surface area contributed by atoms with Crippen molar-refractivity contribution in [1.29, 1.82) is 0 Å². The lowest BCUT2D eigenvalue weighted by Gasteiger charge is -2.20. The third-order valence-corrected chi connectivity index (χ3v) is 18.7. The number of H-pyrrole nitrogens is 1. The van der Waals surface area contributed by atoms with Crippen molar-refractivity contribution in [3.63, 3.8) is 0 Å². The summed E-state index contributed by atoms with van der Waals surface area (Å²) in [6, 6.07) is 11.3. The molecule has 5 rings (SSSR count). The number of aliphatic hydroxyl groups excluding tert-OH is 1. The number of benzene rings is 2. The fourth-order valence-corrected chi connectivity index (χ4v) is 13.6. The van der Waals surface area contributed by atoms with Crippen LogP contribution in [0.25, 0.3) is 11.1 Å². The van der Waals surface area contributed by atoms with E-state index in [9.17, 15) is 81.6 Å². The number of hydrogen-bond donors (Lipinski definition) is 13. The van der Waals surface area contributed by atoms with E-state index in [1.54, 1.807) is 0 Å². The Morgan fingerprint density at radius 3 is 2.10 bits per heavy atom. The van der Waals surface area contributed by atoms with Crippen LogP contribution in [0.2, 0.25) is 0 Å². The molecule has 470 valence electrons. The van der Waals surface area contributed by atoms with Crippen LogP contribution >= 0.6 is 45.1 Å². The standard InChI is InChI=1S/C49H62N7O25P3S2/c57-21-17-36(46(65)53-37(47(66)67)24-43(61)62)52-41(60)16-2-1-7-19-51-45(64)35(54-49(69)77-27-34-32-13-5-3-11-30(32)31-12-4-6-14-33(31)34)15-9-22-85-86-23-18-40(59)50-20-8-10-29-26-56(48(68)55-44(29)63)42-25-38(58)39(79-42)28-78-83(73,74)81-84(75,76)80-82(70,71)72/h3-6,11-14,21,26,34-39,42,58H,1-2,7,9,15-20,22-25,27-28H2,(H,50,59)(H,51,64)(H,52,60)(H,53,65)(H,54,69)(H,61,62)(H,66,67)(H,73,74)(H,75,76)(H,55,63,68)(H2,70,71,72). The molecule has 2 aliphatic rings. The van der Waals surface area contributed by atoms with E-state index in [4.69, 9.17) is 24.4 Å². The summed E-state index contributed by atoms with van der Waals surface area (Å²) in [5, 5.41) is 41.0. The second kappa shape index (κ2) is 33.6. The molecule has 2 heterocycles. The number of aromatic nitrogens is 2. The highest BCUT2D eigenvalue weighted by Crippen LogP contribution is 2.66. The molecule has 86 heavy (non-hydrogen) atoms. The lowest BCUT2D eigenvalue weighted by Crippen LogP contribution is -2.52. The number of amides is 5. The number of fused-ring (bicyclic) bond motifs is 3. The number of aldehydes is 1. The SMILES string of the molecule is O=CCC(NC(=O)CCCCCNC(=O)C(CCCSSCCC(=O)NCC#Cc1cn(C2CC(O)C(COP(=O)(O)OP(=O)(O)OP(=O)(O)O)O2)c(=O)[nH]c1=O)NC(=O)OCC1c2ccccc2-c2ccccc21)C(=O)NC(CC(=O)O)C(=O)O. The molecule has 3 aromatic rings. The highest BCUT2D eigenvalue weighted by molar-refractivity contribution is 8.76. The van der Waals surface area contributed by atoms with E-state index in [1.807, 2.05) is 58.8 Å². The minimum atomic E-state index is -5.82. The minimum absolute atomic E-state index is 0.00300. The third kappa shape index (κ3) is 23.3. The summed E-state index contributed by atoms with van der Waals surface area (Å²) < 4.78 is 58.4. The van der Waals surface area contributed by atoms with Gasteiger partial charge in [0, 0.05) is 55.8 Å². The number of aromatic amines is 1. The average Bonchev–Trinajstić information content (AvgIpc) is 1.99. The molecule has 37 heteroatoms. The smallest absolute Gasteiger partial charge is 0.481 e. The van der Waals surface area contributed by atoms with Gasteiger partial charge in [0.15, 0.2) is 0 Å². The van der Waals surface area contributed by atoms with E-state index in [2.05, 4.69) is 46.3 Å². The van der Waals surface area contributed by atoms with Gasteiger partial charge >= 0.3 is 47.2 Å². The van der Waals surface area contributed by atoms with Gasteiger partial charge < -0.3 is 75.7 Å². The van der Waals surface area contributed by atoms with Crippen molar-refractivity contribution in [3.8, 4) is 23.0 Å². The van der Waals surface area contributed by atoms with Crippen molar-refractivity contribution in [1.82, 2.24) is 36.1 Å². The molecule has 8 unspecified atom stereocenters. The van der Waals surface area contributed by atoms with Crippen LogP contribution in [0.3, 0.4) is 0 Å². The lowest BCUT2D eigenvalue weighted by atomic mass is 9.98. The van der Waals surface area contributed by atoms with E-state index in [-0.39, 0.29) is 63.3 Å². The first-order valence-electron chi connectivity index (χ1n) is 26.0. The van der Waals surface area contributed by atoms with E-state index in [0.717, 1.165) is 33.0 Å². The number of aliphatic hydroxyl groups is 1. The Morgan fingerprint density at radius 2 is 1.45 bits per heavy atom. The van der Waals surface area contributed by atoms with Gasteiger partial charge in [-0.3, -0.25) is 42.8 Å². The molecule has 13 N–H and O–H groups in total. The van der Waals surface area contributed by atoms with Gasteiger partial charge in [-0.25, -0.2) is 28.1 Å². The molecule has 32 nitrogen and oxygen atoms in total. The Morgan fingerprint density at radius 1 is 0.779 bits per heavy atom. The molecule has 0 spiro atoms. The summed E-state index contributed by atoms with van der Waals surface area (Å²) in [5.41, 5.74) is 1.85. The van der Waals surface area contributed by atoms with Crippen LogP contribution in [-0.4, -0.2) is 161 Å². The van der Waals surface area contributed by atoms with Crippen molar-refractivity contribution in [2.45, 2.75) is 107 Å². The van der Waals surface area contributed by atoms with E-state index in [1.165, 1.54) is 21.6 Å². The number of carboxylic acids is 2. The van der Waals surface area contributed by atoms with Crippen molar-refractivity contribution in [3.05, 3.63) is 92.3 Å². The normalized spacial score (nSPS) is 17.8. The summed E-state index contributed by atoms with van der Waals surface area (Å²) in [5.74, 6) is 0.00948. The van der Waals surface area contributed by atoms with E-state index in [0.29, 0.717) is 37.1 Å². The number of phosphoric ester groups is 1. The Bertz CT molecular complexity index is 3240. The number of carbonyl (C=O) groups excluding carboxylic acids is 6. The maximum Gasteiger partial charge on any atom is 0.490 e. The number of hydrogen-bond acceptors (Lipinski definition) is 21. The Kier molecular flexibility index (Phi) is 27.4.